The summed E-state index contributed by atoms with van der Waals surface area (Å²) in [7, 11) is 1.57. The number of furan rings is 1. The highest BCUT2D eigenvalue weighted by atomic mass is 16.5. The zero-order chi connectivity index (χ0) is 13.0. The molecule has 2 rings (SSSR count). The monoisotopic (exact) mass is 249 g/mol. The van der Waals surface area contributed by atoms with Crippen molar-refractivity contribution in [2.75, 3.05) is 7.11 Å². The Bertz CT molecular complexity index is 615. The van der Waals surface area contributed by atoms with E-state index in [9.17, 15) is 4.79 Å². The van der Waals surface area contributed by atoms with Crippen molar-refractivity contribution in [3.05, 3.63) is 40.1 Å². The van der Waals surface area contributed by atoms with Gasteiger partial charge < -0.3 is 14.3 Å². The first-order valence-corrected chi connectivity index (χ1v) is 5.09. The number of nitrogens with one attached hydrogen (secondary N) is 1. The van der Waals surface area contributed by atoms with Crippen LogP contribution in [0.3, 0.4) is 0 Å². The smallest absolute Gasteiger partial charge is 0.256 e. The fourth-order valence-corrected chi connectivity index (χ4v) is 1.30. The van der Waals surface area contributed by atoms with Gasteiger partial charge in [-0.05, 0) is 12.1 Å². The van der Waals surface area contributed by atoms with Crippen molar-refractivity contribution in [2.24, 2.45) is 4.99 Å². The second kappa shape index (κ2) is 5.28. The van der Waals surface area contributed by atoms with E-state index in [4.69, 9.17) is 14.3 Å². The second-order valence-electron chi connectivity index (χ2n) is 3.42. The molecule has 2 aromatic rings. The van der Waals surface area contributed by atoms with Crippen LogP contribution in [-0.2, 0) is 11.3 Å². The normalized spacial score (nSPS) is 11.2. The predicted octanol–water partition coefficient (Wildman–Crippen LogP) is 0.965. The van der Waals surface area contributed by atoms with Gasteiger partial charge in [0, 0.05) is 7.11 Å². The summed E-state index contributed by atoms with van der Waals surface area (Å²) in [4.78, 5) is 20.9. The molecule has 7 nitrogen and oxygen atoms in total. The first kappa shape index (κ1) is 12.1. The van der Waals surface area contributed by atoms with Crippen molar-refractivity contribution in [3.63, 3.8) is 0 Å². The maximum atomic E-state index is 11.0. The number of aromatic hydroxyl groups is 1. The van der Waals surface area contributed by atoms with E-state index in [1.165, 1.54) is 6.21 Å². The summed E-state index contributed by atoms with van der Waals surface area (Å²) in [6.45, 7) is 0.370. The number of aliphatic imine (C=N–C) groups is 1. The van der Waals surface area contributed by atoms with Crippen molar-refractivity contribution in [2.45, 2.75) is 6.61 Å². The highest BCUT2D eigenvalue weighted by Gasteiger charge is 2.00. The second-order valence-corrected chi connectivity index (χ2v) is 3.42. The lowest BCUT2D eigenvalue weighted by Crippen LogP contribution is -2.03. The van der Waals surface area contributed by atoms with Gasteiger partial charge in [0.1, 0.15) is 18.1 Å². The van der Waals surface area contributed by atoms with Crippen molar-refractivity contribution < 1.29 is 14.3 Å². The molecule has 0 saturated carbocycles. The summed E-state index contributed by atoms with van der Waals surface area (Å²) in [5.74, 6) is 0.777. The summed E-state index contributed by atoms with van der Waals surface area (Å²) in [5.41, 5.74) is -0.478. The van der Waals surface area contributed by atoms with Gasteiger partial charge in [-0.1, -0.05) is 0 Å². The molecule has 0 saturated heterocycles. The number of nitrogens with zero attached hydrogens (tertiary/aromatic N) is 2. The van der Waals surface area contributed by atoms with E-state index in [1.807, 2.05) is 0 Å². The van der Waals surface area contributed by atoms with Crippen LogP contribution >= 0.6 is 0 Å². The molecule has 0 spiro atoms. The Kier molecular flexibility index (Phi) is 3.54. The molecule has 18 heavy (non-hydrogen) atoms. The molecule has 2 aromatic heterocycles. The lowest BCUT2D eigenvalue weighted by Gasteiger charge is -1.93. The molecule has 0 unspecified atom stereocenters. The van der Waals surface area contributed by atoms with Gasteiger partial charge in [-0.2, -0.15) is 4.98 Å². The third-order valence-corrected chi connectivity index (χ3v) is 2.00. The van der Waals surface area contributed by atoms with Crippen molar-refractivity contribution in [1.29, 1.82) is 0 Å². The molecule has 0 atom stereocenters. The molecule has 0 bridgehead atoms. The molecule has 2 heterocycles. The molecule has 0 aliphatic rings. The quantitative estimate of drug-likeness (QED) is 0.786. The molecule has 94 valence electrons. The van der Waals surface area contributed by atoms with Crippen LogP contribution < -0.4 is 5.56 Å². The zero-order valence-corrected chi connectivity index (χ0v) is 9.58. The number of hydrogen-bond donors (Lipinski definition) is 2. The Balaban J connectivity index is 2.16. The van der Waals surface area contributed by atoms with Gasteiger partial charge in [-0.3, -0.25) is 9.78 Å². The first-order chi connectivity index (χ1) is 8.67. The average Bonchev–Trinajstić information content (AvgIpc) is 2.74. The van der Waals surface area contributed by atoms with Gasteiger partial charge in [-0.25, -0.2) is 4.99 Å². The number of methoxy groups -OCH3 is 1. The van der Waals surface area contributed by atoms with E-state index in [0.717, 1.165) is 6.07 Å². The third kappa shape index (κ3) is 3.05. The van der Waals surface area contributed by atoms with E-state index in [2.05, 4.69) is 15.0 Å². The first-order valence-electron chi connectivity index (χ1n) is 5.09. The Morgan fingerprint density at radius 1 is 1.61 bits per heavy atom. The SMILES string of the molecule is COCc1ccc(C=Nc2nc(O)cc(=O)[nH]2)o1. The van der Waals surface area contributed by atoms with Crippen LogP contribution in [0.5, 0.6) is 5.88 Å². The van der Waals surface area contributed by atoms with E-state index in [0.29, 0.717) is 18.1 Å². The number of hydrogen-bond acceptors (Lipinski definition) is 6. The van der Waals surface area contributed by atoms with Crippen LogP contribution in [0, 0.1) is 0 Å². The third-order valence-electron chi connectivity index (χ3n) is 2.00. The van der Waals surface area contributed by atoms with Crippen LogP contribution in [-0.4, -0.2) is 28.4 Å². The molecule has 0 aromatic carbocycles. The zero-order valence-electron chi connectivity index (χ0n) is 9.58. The Morgan fingerprint density at radius 3 is 3.17 bits per heavy atom. The van der Waals surface area contributed by atoms with Crippen molar-refractivity contribution >= 4 is 12.2 Å². The fourth-order valence-electron chi connectivity index (χ4n) is 1.30. The van der Waals surface area contributed by atoms with Gasteiger partial charge in [0.2, 0.25) is 11.8 Å². The number of ether oxygens (including phenoxy) is 1. The predicted molar refractivity (Wildman–Crippen MR) is 63.2 cm³/mol. The van der Waals surface area contributed by atoms with E-state index < -0.39 is 5.56 Å². The van der Waals surface area contributed by atoms with E-state index in [-0.39, 0.29) is 11.8 Å². The van der Waals surface area contributed by atoms with Crippen LogP contribution in [0.1, 0.15) is 11.5 Å². The molecule has 2 N–H and O–H groups in total. The minimum Gasteiger partial charge on any atom is -0.493 e. The lowest BCUT2D eigenvalue weighted by molar-refractivity contribution is 0.164. The van der Waals surface area contributed by atoms with Gasteiger partial charge in [0.25, 0.3) is 5.56 Å². The lowest BCUT2D eigenvalue weighted by atomic mass is 10.4. The highest BCUT2D eigenvalue weighted by molar-refractivity contribution is 5.77. The average molecular weight is 249 g/mol. The molecular formula is C11H11N3O4. The Morgan fingerprint density at radius 2 is 2.44 bits per heavy atom. The standard InChI is InChI=1S/C11H11N3O4/c1-17-6-8-3-2-7(18-8)5-12-11-13-9(15)4-10(16)14-11/h2-5H,6H2,1H3,(H2,13,14,15,16). The van der Waals surface area contributed by atoms with Crippen LogP contribution in [0.15, 0.2) is 32.4 Å². The van der Waals surface area contributed by atoms with Crippen LogP contribution in [0.4, 0.5) is 5.95 Å². The van der Waals surface area contributed by atoms with Crippen molar-refractivity contribution in [3.8, 4) is 5.88 Å². The number of aromatic nitrogens is 2. The topological polar surface area (TPSA) is 101 Å². The van der Waals surface area contributed by atoms with Crippen LogP contribution in [0.25, 0.3) is 0 Å². The molecule has 7 heteroatoms. The summed E-state index contributed by atoms with van der Waals surface area (Å²) in [6, 6.07) is 4.42. The Labute approximate surface area is 102 Å². The van der Waals surface area contributed by atoms with Crippen LogP contribution in [0.2, 0.25) is 0 Å². The minimum absolute atomic E-state index is 0.00434. The summed E-state index contributed by atoms with van der Waals surface area (Å²) in [6.07, 6.45) is 1.39. The Hall–Kier alpha value is -2.41. The molecule has 0 fully saturated rings. The maximum absolute atomic E-state index is 11.0. The largest absolute Gasteiger partial charge is 0.493 e. The van der Waals surface area contributed by atoms with E-state index in [1.54, 1.807) is 19.2 Å². The number of H-pyrrole nitrogens is 1. The highest BCUT2D eigenvalue weighted by Crippen LogP contribution is 2.09. The number of aromatic amines is 1. The molecular weight excluding hydrogens is 238 g/mol. The fraction of sp³-hybridized carbons (Fsp3) is 0.182. The molecule has 0 aliphatic carbocycles. The van der Waals surface area contributed by atoms with Gasteiger partial charge in [0.05, 0.1) is 12.3 Å². The minimum atomic E-state index is -0.478. The van der Waals surface area contributed by atoms with Gasteiger partial charge in [-0.15, -0.1) is 0 Å². The summed E-state index contributed by atoms with van der Waals surface area (Å²) >= 11 is 0. The van der Waals surface area contributed by atoms with Gasteiger partial charge in [0.15, 0.2) is 0 Å². The number of rotatable bonds is 4. The summed E-state index contributed by atoms with van der Waals surface area (Å²) in [5, 5.41) is 9.12. The van der Waals surface area contributed by atoms with Gasteiger partial charge >= 0.3 is 0 Å². The molecule has 0 radical (unpaired) electrons. The molecule has 0 amide bonds. The summed E-state index contributed by atoms with van der Waals surface area (Å²) < 4.78 is 10.3. The molecule has 0 aliphatic heterocycles. The van der Waals surface area contributed by atoms with Crippen molar-refractivity contribution in [1.82, 2.24) is 9.97 Å². The maximum Gasteiger partial charge on any atom is 0.256 e. The van der Waals surface area contributed by atoms with E-state index >= 15 is 0 Å².